The van der Waals surface area contributed by atoms with E-state index in [0.29, 0.717) is 23.8 Å². The molecule has 0 unspecified atom stereocenters. The SMILES string of the molecule is O=C(Cc1csc(N2CCCC2=O)n1)OCC(=O)c1ccc(F)c(F)c1. The first-order valence-corrected chi connectivity index (χ1v) is 8.70. The van der Waals surface area contributed by atoms with Crippen LogP contribution in [-0.2, 0) is 20.7 Å². The highest BCUT2D eigenvalue weighted by atomic mass is 32.1. The second-order valence-corrected chi connectivity index (χ2v) is 6.50. The fourth-order valence-corrected chi connectivity index (χ4v) is 3.32. The van der Waals surface area contributed by atoms with Crippen LogP contribution in [0.2, 0.25) is 0 Å². The van der Waals surface area contributed by atoms with Crippen LogP contribution in [0.4, 0.5) is 13.9 Å². The number of halogens is 2. The summed E-state index contributed by atoms with van der Waals surface area (Å²) in [5.74, 6) is -3.52. The third-order valence-corrected chi connectivity index (χ3v) is 4.69. The van der Waals surface area contributed by atoms with Crippen LogP contribution in [-0.4, -0.2) is 35.8 Å². The Balaban J connectivity index is 1.52. The number of aromatic nitrogens is 1. The second kappa shape index (κ2) is 7.69. The monoisotopic (exact) mass is 380 g/mol. The summed E-state index contributed by atoms with van der Waals surface area (Å²) >= 11 is 1.26. The molecule has 26 heavy (non-hydrogen) atoms. The minimum atomic E-state index is -1.14. The Morgan fingerprint density at radius 1 is 1.27 bits per heavy atom. The van der Waals surface area contributed by atoms with Crippen molar-refractivity contribution >= 4 is 34.1 Å². The molecule has 0 aliphatic carbocycles. The van der Waals surface area contributed by atoms with E-state index in [2.05, 4.69) is 4.98 Å². The minimum absolute atomic E-state index is 0.00519. The van der Waals surface area contributed by atoms with E-state index in [1.165, 1.54) is 11.3 Å². The molecule has 9 heteroatoms. The first-order chi connectivity index (χ1) is 12.4. The number of amides is 1. The first-order valence-electron chi connectivity index (χ1n) is 7.82. The lowest BCUT2D eigenvalue weighted by Crippen LogP contribution is -2.23. The van der Waals surface area contributed by atoms with E-state index in [1.807, 2.05) is 0 Å². The Bertz CT molecular complexity index is 868. The third-order valence-electron chi connectivity index (χ3n) is 3.78. The summed E-state index contributed by atoms with van der Waals surface area (Å²) in [6, 6.07) is 2.71. The van der Waals surface area contributed by atoms with E-state index in [1.54, 1.807) is 10.3 Å². The molecule has 1 fully saturated rings. The van der Waals surface area contributed by atoms with E-state index in [0.717, 1.165) is 24.6 Å². The summed E-state index contributed by atoms with van der Waals surface area (Å²) in [5.41, 5.74) is 0.357. The molecule has 1 aromatic carbocycles. The van der Waals surface area contributed by atoms with Crippen molar-refractivity contribution in [2.75, 3.05) is 18.1 Å². The van der Waals surface area contributed by atoms with Gasteiger partial charge in [0.1, 0.15) is 0 Å². The number of hydrogen-bond acceptors (Lipinski definition) is 6. The molecule has 1 amide bonds. The normalized spacial score (nSPS) is 13.9. The third kappa shape index (κ3) is 4.10. The van der Waals surface area contributed by atoms with Crippen molar-refractivity contribution in [2.45, 2.75) is 19.3 Å². The molecule has 1 aliphatic rings. The highest BCUT2D eigenvalue weighted by Crippen LogP contribution is 2.25. The number of anilines is 1. The highest BCUT2D eigenvalue weighted by molar-refractivity contribution is 7.14. The van der Waals surface area contributed by atoms with Gasteiger partial charge in [-0.25, -0.2) is 13.8 Å². The van der Waals surface area contributed by atoms with Gasteiger partial charge in [0.25, 0.3) is 0 Å². The summed E-state index contributed by atoms with van der Waals surface area (Å²) in [6.07, 6.45) is 1.12. The number of rotatable bonds is 6. The van der Waals surface area contributed by atoms with Gasteiger partial charge in [-0.3, -0.25) is 19.3 Å². The largest absolute Gasteiger partial charge is 0.457 e. The Labute approximate surface area is 151 Å². The van der Waals surface area contributed by atoms with Crippen LogP contribution < -0.4 is 4.90 Å². The summed E-state index contributed by atoms with van der Waals surface area (Å²) in [7, 11) is 0. The van der Waals surface area contributed by atoms with Gasteiger partial charge < -0.3 is 4.74 Å². The zero-order valence-corrected chi connectivity index (χ0v) is 14.4. The maximum absolute atomic E-state index is 13.1. The molecule has 0 radical (unpaired) electrons. The zero-order chi connectivity index (χ0) is 18.7. The number of benzene rings is 1. The molecule has 0 spiro atoms. The first kappa shape index (κ1) is 18.1. The molecule has 6 nitrogen and oxygen atoms in total. The lowest BCUT2D eigenvalue weighted by Gasteiger charge is -2.10. The number of hydrogen-bond donors (Lipinski definition) is 0. The summed E-state index contributed by atoms with van der Waals surface area (Å²) < 4.78 is 30.8. The molecule has 0 atom stereocenters. The molecule has 0 bridgehead atoms. The van der Waals surface area contributed by atoms with Crippen LogP contribution in [0, 0.1) is 11.6 Å². The van der Waals surface area contributed by atoms with Crippen molar-refractivity contribution in [1.29, 1.82) is 0 Å². The van der Waals surface area contributed by atoms with Crippen molar-refractivity contribution in [3.63, 3.8) is 0 Å². The zero-order valence-electron chi connectivity index (χ0n) is 13.5. The molecule has 136 valence electrons. The van der Waals surface area contributed by atoms with Crippen LogP contribution in [0.25, 0.3) is 0 Å². The molecule has 0 N–H and O–H groups in total. The van der Waals surface area contributed by atoms with E-state index >= 15 is 0 Å². The minimum Gasteiger partial charge on any atom is -0.457 e. The number of carbonyl (C=O) groups excluding carboxylic acids is 3. The molecule has 1 aliphatic heterocycles. The number of Topliss-reactive ketones (excluding diaryl/α,β-unsaturated/α-hetero) is 1. The number of ether oxygens (including phenoxy) is 1. The lowest BCUT2D eigenvalue weighted by molar-refractivity contribution is -0.141. The fourth-order valence-electron chi connectivity index (χ4n) is 2.45. The maximum Gasteiger partial charge on any atom is 0.312 e. The smallest absolute Gasteiger partial charge is 0.312 e. The van der Waals surface area contributed by atoms with Gasteiger partial charge in [0, 0.05) is 23.9 Å². The molecule has 0 saturated carbocycles. The number of thiazole rings is 1. The van der Waals surface area contributed by atoms with Gasteiger partial charge in [-0.15, -0.1) is 11.3 Å². The summed E-state index contributed by atoms with van der Waals surface area (Å²) in [5, 5.41) is 2.19. The number of carbonyl (C=O) groups is 3. The van der Waals surface area contributed by atoms with E-state index in [9.17, 15) is 23.2 Å². The molecular formula is C17H14F2N2O4S. The van der Waals surface area contributed by atoms with Crippen molar-refractivity contribution in [2.24, 2.45) is 0 Å². The molecule has 2 aromatic rings. The predicted octanol–water partition coefficient (Wildman–Crippen LogP) is 2.52. The van der Waals surface area contributed by atoms with Crippen molar-refractivity contribution < 1.29 is 27.9 Å². The van der Waals surface area contributed by atoms with Gasteiger partial charge >= 0.3 is 5.97 Å². The van der Waals surface area contributed by atoms with Gasteiger partial charge in [0.05, 0.1) is 12.1 Å². The number of esters is 1. The number of ketones is 1. The quantitative estimate of drug-likeness (QED) is 0.569. The van der Waals surface area contributed by atoms with Crippen molar-refractivity contribution in [1.82, 2.24) is 4.98 Å². The predicted molar refractivity (Wildman–Crippen MR) is 89.1 cm³/mol. The van der Waals surface area contributed by atoms with Gasteiger partial charge in [0.2, 0.25) is 5.91 Å². The van der Waals surface area contributed by atoms with Crippen molar-refractivity contribution in [3.05, 3.63) is 46.5 Å². The average Bonchev–Trinajstić information content (AvgIpc) is 3.23. The highest BCUT2D eigenvalue weighted by Gasteiger charge is 2.24. The molecular weight excluding hydrogens is 366 g/mol. The molecule has 3 rings (SSSR count). The van der Waals surface area contributed by atoms with Gasteiger partial charge in [-0.05, 0) is 24.6 Å². The maximum atomic E-state index is 13.1. The standard InChI is InChI=1S/C17H14F2N2O4S/c18-12-4-3-10(6-13(12)19)14(22)8-25-16(24)7-11-9-26-17(20-11)21-5-1-2-15(21)23/h3-4,6,9H,1-2,5,7-8H2. The van der Waals surface area contributed by atoms with E-state index in [4.69, 9.17) is 4.74 Å². The second-order valence-electron chi connectivity index (χ2n) is 5.66. The Kier molecular flexibility index (Phi) is 5.36. The fraction of sp³-hybridized carbons (Fsp3) is 0.294. The Morgan fingerprint density at radius 3 is 2.77 bits per heavy atom. The summed E-state index contributed by atoms with van der Waals surface area (Å²) in [4.78, 5) is 41.2. The topological polar surface area (TPSA) is 76.6 Å². The van der Waals surface area contributed by atoms with Crippen molar-refractivity contribution in [3.8, 4) is 0 Å². The van der Waals surface area contributed by atoms with E-state index in [-0.39, 0.29) is 17.9 Å². The number of nitrogens with zero attached hydrogens (tertiary/aromatic N) is 2. The molecule has 2 heterocycles. The van der Waals surface area contributed by atoms with Crippen LogP contribution in [0.15, 0.2) is 23.6 Å². The van der Waals surface area contributed by atoms with Gasteiger partial charge in [-0.2, -0.15) is 0 Å². The molecule has 1 saturated heterocycles. The average molecular weight is 380 g/mol. The van der Waals surface area contributed by atoms with Crippen LogP contribution in [0.3, 0.4) is 0 Å². The van der Waals surface area contributed by atoms with Crippen LogP contribution in [0.5, 0.6) is 0 Å². The summed E-state index contributed by atoms with van der Waals surface area (Å²) in [6.45, 7) is 0.0322. The lowest BCUT2D eigenvalue weighted by atomic mass is 10.1. The van der Waals surface area contributed by atoms with Crippen LogP contribution >= 0.6 is 11.3 Å². The molecule has 1 aromatic heterocycles. The Morgan fingerprint density at radius 2 is 2.08 bits per heavy atom. The van der Waals surface area contributed by atoms with E-state index < -0.39 is 30.0 Å². The van der Waals surface area contributed by atoms with Crippen LogP contribution in [0.1, 0.15) is 28.9 Å². The van der Waals surface area contributed by atoms with Gasteiger partial charge in [-0.1, -0.05) is 0 Å². The van der Waals surface area contributed by atoms with Gasteiger partial charge in [0.15, 0.2) is 29.2 Å². The Hall–Kier alpha value is -2.68.